The predicted octanol–water partition coefficient (Wildman–Crippen LogP) is 2.73. The second kappa shape index (κ2) is 11.4. The Hall–Kier alpha value is -1.79. The van der Waals surface area contributed by atoms with Crippen molar-refractivity contribution in [2.45, 2.75) is 39.2 Å². The Labute approximate surface area is 179 Å². The van der Waals surface area contributed by atoms with Crippen molar-refractivity contribution < 1.29 is 4.79 Å². The average molecular weight is 420 g/mol. The van der Waals surface area contributed by atoms with E-state index in [0.717, 1.165) is 75.2 Å². The summed E-state index contributed by atoms with van der Waals surface area (Å²) in [4.78, 5) is 21.7. The highest BCUT2D eigenvalue weighted by molar-refractivity contribution is 6.30. The number of carbonyl (C=O) groups excluding carboxylic acids is 1. The van der Waals surface area contributed by atoms with E-state index in [1.807, 2.05) is 24.3 Å². The standard InChI is InChI=1S/C22H34ClN5O/c1-2-24-22(26-17-18-7-9-20(23)10-8-18)25-11-12-27-13-15-28(16-14-27)21(29)19-5-3-4-6-19/h7-10,19H,2-6,11-17H2,1H3,(H2,24,25,26). The smallest absolute Gasteiger partial charge is 0.225 e. The van der Waals surface area contributed by atoms with Gasteiger partial charge in [-0.1, -0.05) is 36.6 Å². The molecule has 1 aromatic carbocycles. The first-order valence-corrected chi connectivity index (χ1v) is 11.3. The van der Waals surface area contributed by atoms with Gasteiger partial charge in [0, 0.05) is 56.8 Å². The van der Waals surface area contributed by atoms with E-state index in [-0.39, 0.29) is 0 Å². The molecule has 0 atom stereocenters. The van der Waals surface area contributed by atoms with Crippen LogP contribution in [0.15, 0.2) is 29.3 Å². The third-order valence-electron chi connectivity index (χ3n) is 5.79. The monoisotopic (exact) mass is 419 g/mol. The van der Waals surface area contributed by atoms with Gasteiger partial charge in [-0.25, -0.2) is 4.99 Å². The molecule has 6 nitrogen and oxygen atoms in total. The van der Waals surface area contributed by atoms with E-state index in [2.05, 4.69) is 32.3 Å². The highest BCUT2D eigenvalue weighted by Gasteiger charge is 2.29. The van der Waals surface area contributed by atoms with Gasteiger partial charge in [0.25, 0.3) is 0 Å². The quantitative estimate of drug-likeness (QED) is 0.527. The summed E-state index contributed by atoms with van der Waals surface area (Å²) in [6, 6.07) is 7.79. The fourth-order valence-corrected chi connectivity index (χ4v) is 4.18. The van der Waals surface area contributed by atoms with E-state index >= 15 is 0 Å². The number of nitrogens with one attached hydrogen (secondary N) is 2. The van der Waals surface area contributed by atoms with Crippen LogP contribution in [0.25, 0.3) is 0 Å². The maximum atomic E-state index is 12.6. The molecule has 1 saturated heterocycles. The van der Waals surface area contributed by atoms with Crippen molar-refractivity contribution in [1.82, 2.24) is 20.4 Å². The highest BCUT2D eigenvalue weighted by atomic mass is 35.5. The number of piperazine rings is 1. The van der Waals surface area contributed by atoms with Gasteiger partial charge in [0.2, 0.25) is 5.91 Å². The van der Waals surface area contributed by atoms with E-state index in [1.165, 1.54) is 12.8 Å². The number of nitrogens with zero attached hydrogens (tertiary/aromatic N) is 3. The van der Waals surface area contributed by atoms with Crippen LogP contribution in [0.5, 0.6) is 0 Å². The fourth-order valence-electron chi connectivity index (χ4n) is 4.06. The van der Waals surface area contributed by atoms with Crippen molar-refractivity contribution in [3.8, 4) is 0 Å². The molecule has 3 rings (SSSR count). The van der Waals surface area contributed by atoms with Gasteiger partial charge in [-0.15, -0.1) is 0 Å². The summed E-state index contributed by atoms with van der Waals surface area (Å²) >= 11 is 5.94. The van der Waals surface area contributed by atoms with Gasteiger partial charge < -0.3 is 15.5 Å². The third kappa shape index (κ3) is 6.89. The molecule has 1 saturated carbocycles. The lowest BCUT2D eigenvalue weighted by molar-refractivity contribution is -0.137. The molecule has 0 unspecified atom stereocenters. The van der Waals surface area contributed by atoms with Crippen molar-refractivity contribution in [1.29, 1.82) is 0 Å². The lowest BCUT2D eigenvalue weighted by atomic mass is 10.1. The summed E-state index contributed by atoms with van der Waals surface area (Å²) in [5, 5.41) is 7.46. The minimum Gasteiger partial charge on any atom is -0.357 e. The maximum Gasteiger partial charge on any atom is 0.225 e. The molecule has 160 valence electrons. The minimum atomic E-state index is 0.294. The van der Waals surface area contributed by atoms with E-state index in [4.69, 9.17) is 11.6 Å². The van der Waals surface area contributed by atoms with Crippen LogP contribution in [0.2, 0.25) is 5.02 Å². The van der Waals surface area contributed by atoms with E-state index in [1.54, 1.807) is 0 Å². The van der Waals surface area contributed by atoms with Crippen LogP contribution in [-0.4, -0.2) is 67.5 Å². The van der Waals surface area contributed by atoms with Crippen LogP contribution in [0, 0.1) is 5.92 Å². The van der Waals surface area contributed by atoms with E-state index in [9.17, 15) is 4.79 Å². The van der Waals surface area contributed by atoms with Crippen molar-refractivity contribution in [3.63, 3.8) is 0 Å². The topological polar surface area (TPSA) is 60.0 Å². The lowest BCUT2D eigenvalue weighted by Crippen LogP contribution is -2.51. The van der Waals surface area contributed by atoms with E-state index in [0.29, 0.717) is 18.4 Å². The highest BCUT2D eigenvalue weighted by Crippen LogP contribution is 2.26. The van der Waals surface area contributed by atoms with Crippen LogP contribution in [0.4, 0.5) is 0 Å². The normalized spacial score (nSPS) is 18.8. The molecular formula is C22H34ClN5O. The molecule has 2 fully saturated rings. The first kappa shape index (κ1) is 21.9. The van der Waals surface area contributed by atoms with Crippen LogP contribution in [-0.2, 0) is 11.3 Å². The van der Waals surface area contributed by atoms with Gasteiger partial charge in [0.1, 0.15) is 0 Å². The average Bonchev–Trinajstić information content (AvgIpc) is 3.28. The first-order valence-electron chi connectivity index (χ1n) is 10.9. The third-order valence-corrected chi connectivity index (χ3v) is 6.04. The zero-order valence-corrected chi connectivity index (χ0v) is 18.3. The molecule has 29 heavy (non-hydrogen) atoms. The Balaban J connectivity index is 1.38. The number of aliphatic imine (C=N–C) groups is 1. The van der Waals surface area contributed by atoms with Gasteiger partial charge in [-0.3, -0.25) is 9.69 Å². The van der Waals surface area contributed by atoms with Gasteiger partial charge in [0.05, 0.1) is 6.54 Å². The summed E-state index contributed by atoms with van der Waals surface area (Å²) in [7, 11) is 0. The fraction of sp³-hybridized carbons (Fsp3) is 0.636. The molecule has 1 aromatic rings. The molecule has 1 amide bonds. The number of benzene rings is 1. The van der Waals surface area contributed by atoms with E-state index < -0.39 is 0 Å². The Morgan fingerprint density at radius 3 is 2.45 bits per heavy atom. The Bertz CT molecular complexity index is 664. The second-order valence-electron chi connectivity index (χ2n) is 7.90. The molecule has 0 bridgehead atoms. The molecule has 1 aliphatic heterocycles. The van der Waals surface area contributed by atoms with Gasteiger partial charge in [-0.2, -0.15) is 0 Å². The van der Waals surface area contributed by atoms with Crippen molar-refractivity contribution >= 4 is 23.5 Å². The van der Waals surface area contributed by atoms with Gasteiger partial charge in [-0.05, 0) is 37.5 Å². The summed E-state index contributed by atoms with van der Waals surface area (Å²) in [6.07, 6.45) is 4.61. The second-order valence-corrected chi connectivity index (χ2v) is 8.33. The number of hydrogen-bond donors (Lipinski definition) is 2. The maximum absolute atomic E-state index is 12.6. The molecule has 7 heteroatoms. The predicted molar refractivity (Wildman–Crippen MR) is 119 cm³/mol. The summed E-state index contributed by atoms with van der Waals surface area (Å²) in [5.41, 5.74) is 1.13. The molecule has 2 N–H and O–H groups in total. The van der Waals surface area contributed by atoms with Crippen LogP contribution in [0.1, 0.15) is 38.2 Å². The molecule has 1 heterocycles. The van der Waals surface area contributed by atoms with Gasteiger partial charge in [0.15, 0.2) is 5.96 Å². The zero-order valence-electron chi connectivity index (χ0n) is 17.5. The number of carbonyl (C=O) groups is 1. The van der Waals surface area contributed by atoms with Crippen LogP contribution >= 0.6 is 11.6 Å². The number of hydrogen-bond acceptors (Lipinski definition) is 3. The number of rotatable bonds is 7. The Morgan fingerprint density at radius 1 is 1.10 bits per heavy atom. The number of amides is 1. The number of guanidine groups is 1. The van der Waals surface area contributed by atoms with Crippen molar-refractivity contribution in [2.24, 2.45) is 10.9 Å². The van der Waals surface area contributed by atoms with Crippen LogP contribution in [0.3, 0.4) is 0 Å². The number of halogens is 1. The molecule has 1 aliphatic carbocycles. The lowest BCUT2D eigenvalue weighted by Gasteiger charge is -2.36. The Morgan fingerprint density at radius 2 is 1.79 bits per heavy atom. The molecule has 2 aliphatic rings. The summed E-state index contributed by atoms with van der Waals surface area (Å²) in [6.45, 7) is 8.94. The zero-order chi connectivity index (χ0) is 20.5. The SMILES string of the molecule is CCNC(=NCc1ccc(Cl)cc1)NCCN1CCN(C(=O)C2CCCC2)CC1. The minimum absolute atomic E-state index is 0.294. The van der Waals surface area contributed by atoms with Crippen molar-refractivity contribution in [3.05, 3.63) is 34.9 Å². The molecular weight excluding hydrogens is 386 g/mol. The first-order chi connectivity index (χ1) is 14.2. The van der Waals surface area contributed by atoms with Gasteiger partial charge >= 0.3 is 0 Å². The van der Waals surface area contributed by atoms with Crippen LogP contribution < -0.4 is 10.6 Å². The Kier molecular flexibility index (Phi) is 8.62. The largest absolute Gasteiger partial charge is 0.357 e. The molecule has 0 radical (unpaired) electrons. The summed E-state index contributed by atoms with van der Waals surface area (Å²) in [5.74, 6) is 1.52. The molecule has 0 aromatic heterocycles. The molecule has 0 spiro atoms. The summed E-state index contributed by atoms with van der Waals surface area (Å²) < 4.78 is 0. The van der Waals surface area contributed by atoms with Crippen molar-refractivity contribution in [2.75, 3.05) is 45.8 Å².